The van der Waals surface area contributed by atoms with E-state index in [-0.39, 0.29) is 26.8 Å². The number of ether oxygens (including phenoxy) is 2. The first-order valence-electron chi connectivity index (χ1n) is 10.6. The molecule has 0 radical (unpaired) electrons. The van der Waals surface area contributed by atoms with Crippen molar-refractivity contribution in [2.45, 2.75) is 19.9 Å². The van der Waals surface area contributed by atoms with Crippen LogP contribution >= 0.6 is 11.3 Å². The van der Waals surface area contributed by atoms with Crippen LogP contribution in [0.3, 0.4) is 0 Å². The number of aryl methyl sites for hydroxylation is 1. The number of amides is 1. The number of rotatable bonds is 5. The summed E-state index contributed by atoms with van der Waals surface area (Å²) in [5, 5.41) is 0.661. The van der Waals surface area contributed by atoms with Crippen LogP contribution < -0.4 is 15.1 Å². The predicted molar refractivity (Wildman–Crippen MR) is 127 cm³/mol. The average molecular weight is 477 g/mol. The summed E-state index contributed by atoms with van der Waals surface area (Å²) in [7, 11) is 1.29. The van der Waals surface area contributed by atoms with Gasteiger partial charge in [-0.25, -0.2) is 9.78 Å². The third-order valence-corrected chi connectivity index (χ3v) is 6.78. The molecule has 4 aromatic rings. The summed E-state index contributed by atoms with van der Waals surface area (Å²) in [6.45, 7) is 4.07. The third kappa shape index (κ3) is 3.36. The van der Waals surface area contributed by atoms with Gasteiger partial charge >= 0.3 is 5.97 Å². The average Bonchev–Trinajstić information content (AvgIpc) is 3.37. The Kier molecular flexibility index (Phi) is 5.41. The van der Waals surface area contributed by atoms with E-state index in [9.17, 15) is 14.4 Å². The molecule has 1 aliphatic rings. The van der Waals surface area contributed by atoms with Crippen molar-refractivity contribution in [2.75, 3.05) is 18.6 Å². The second-order valence-electron chi connectivity index (χ2n) is 7.65. The number of benzene rings is 2. The lowest BCUT2D eigenvalue weighted by Gasteiger charge is -2.22. The summed E-state index contributed by atoms with van der Waals surface area (Å²) in [6, 6.07) is 13.2. The Labute approximate surface area is 198 Å². The van der Waals surface area contributed by atoms with Crippen LogP contribution in [-0.2, 0) is 4.74 Å². The monoisotopic (exact) mass is 476 g/mol. The number of fused-ring (bicyclic) bond motifs is 2. The van der Waals surface area contributed by atoms with Crippen molar-refractivity contribution in [3.05, 3.63) is 86.2 Å². The zero-order valence-corrected chi connectivity index (χ0v) is 19.5. The highest BCUT2D eigenvalue weighted by molar-refractivity contribution is 7.17. The number of methoxy groups -OCH3 is 1. The van der Waals surface area contributed by atoms with Crippen molar-refractivity contribution in [1.82, 2.24) is 4.98 Å². The Morgan fingerprint density at radius 1 is 1.15 bits per heavy atom. The molecule has 0 N–H and O–H groups in total. The van der Waals surface area contributed by atoms with E-state index in [4.69, 9.17) is 13.9 Å². The summed E-state index contributed by atoms with van der Waals surface area (Å²) in [5.41, 5.74) is 1.40. The van der Waals surface area contributed by atoms with Gasteiger partial charge in [0.05, 0.1) is 36.4 Å². The van der Waals surface area contributed by atoms with Crippen LogP contribution in [0.2, 0.25) is 0 Å². The molecule has 8 nitrogen and oxygen atoms in total. The van der Waals surface area contributed by atoms with Gasteiger partial charge in [-0.15, -0.1) is 0 Å². The molecule has 2 aromatic heterocycles. The summed E-state index contributed by atoms with van der Waals surface area (Å²) < 4.78 is 16.3. The zero-order valence-electron chi connectivity index (χ0n) is 18.7. The van der Waals surface area contributed by atoms with E-state index in [2.05, 4.69) is 4.98 Å². The lowest BCUT2D eigenvalue weighted by Crippen LogP contribution is -2.29. The van der Waals surface area contributed by atoms with E-state index in [1.807, 2.05) is 6.92 Å². The summed E-state index contributed by atoms with van der Waals surface area (Å²) in [4.78, 5) is 45.6. The fourth-order valence-electron chi connectivity index (χ4n) is 4.11. The van der Waals surface area contributed by atoms with Crippen LogP contribution in [0.15, 0.2) is 57.7 Å². The van der Waals surface area contributed by atoms with Gasteiger partial charge in [-0.3, -0.25) is 14.5 Å². The van der Waals surface area contributed by atoms with Crippen molar-refractivity contribution in [2.24, 2.45) is 0 Å². The maximum atomic E-state index is 13.6. The van der Waals surface area contributed by atoms with E-state index in [1.165, 1.54) is 12.0 Å². The number of carbonyl (C=O) groups is 2. The molecule has 1 amide bonds. The van der Waals surface area contributed by atoms with Gasteiger partial charge in [-0.05, 0) is 43.7 Å². The number of anilines is 1. The predicted octanol–water partition coefficient (Wildman–Crippen LogP) is 4.49. The highest BCUT2D eigenvalue weighted by Gasteiger charge is 2.45. The number of hydrogen-bond donors (Lipinski definition) is 0. The van der Waals surface area contributed by atoms with Gasteiger partial charge in [0.1, 0.15) is 16.2 Å². The minimum atomic E-state index is -0.782. The quantitative estimate of drug-likeness (QED) is 0.391. The molecule has 0 saturated carbocycles. The minimum Gasteiger partial charge on any atom is -0.494 e. The molecular weight excluding hydrogens is 456 g/mol. The molecule has 34 heavy (non-hydrogen) atoms. The van der Waals surface area contributed by atoms with Crippen molar-refractivity contribution in [3.8, 4) is 5.75 Å². The van der Waals surface area contributed by atoms with E-state index >= 15 is 0 Å². The number of aromatic nitrogens is 1. The van der Waals surface area contributed by atoms with Crippen molar-refractivity contribution < 1.29 is 23.5 Å². The SMILES string of the molecule is CCOc1ccc(C2c3c(oc4ccccc4c3=O)C(=O)N2c2nc(C)c(C(=O)OC)s2)cc1. The molecule has 5 rings (SSSR count). The zero-order chi connectivity index (χ0) is 24.0. The lowest BCUT2D eigenvalue weighted by atomic mass is 9.98. The molecule has 9 heteroatoms. The molecule has 2 aromatic carbocycles. The molecule has 0 spiro atoms. The molecule has 3 heterocycles. The van der Waals surface area contributed by atoms with Crippen molar-refractivity contribution >= 4 is 39.3 Å². The van der Waals surface area contributed by atoms with Gasteiger partial charge in [0.2, 0.25) is 5.76 Å². The first-order valence-corrected chi connectivity index (χ1v) is 11.4. The third-order valence-electron chi connectivity index (χ3n) is 5.65. The Balaban J connectivity index is 1.74. The minimum absolute atomic E-state index is 0.0324. The van der Waals surface area contributed by atoms with Gasteiger partial charge in [-0.1, -0.05) is 35.6 Å². The number of hydrogen-bond acceptors (Lipinski definition) is 8. The second-order valence-corrected chi connectivity index (χ2v) is 8.63. The summed E-state index contributed by atoms with van der Waals surface area (Å²) in [5.74, 6) is -0.397. The molecule has 1 atom stereocenters. The number of esters is 1. The fraction of sp³-hybridized carbons (Fsp3) is 0.200. The molecule has 0 bridgehead atoms. The normalized spacial score (nSPS) is 15.0. The van der Waals surface area contributed by atoms with Gasteiger partial charge in [0, 0.05) is 0 Å². The van der Waals surface area contributed by atoms with Crippen LogP contribution in [0.1, 0.15) is 50.0 Å². The van der Waals surface area contributed by atoms with E-state index < -0.39 is 17.9 Å². The number of nitrogens with zero attached hydrogens (tertiary/aromatic N) is 2. The Hall–Kier alpha value is -3.98. The molecular formula is C25H20N2O6S. The molecule has 0 fully saturated rings. The van der Waals surface area contributed by atoms with Gasteiger partial charge in [-0.2, -0.15) is 0 Å². The van der Waals surface area contributed by atoms with Crippen LogP contribution in [0.5, 0.6) is 5.75 Å². The smallest absolute Gasteiger partial charge is 0.350 e. The maximum Gasteiger partial charge on any atom is 0.350 e. The van der Waals surface area contributed by atoms with E-state index in [0.717, 1.165) is 11.3 Å². The summed E-state index contributed by atoms with van der Waals surface area (Å²) >= 11 is 1.03. The number of thiazole rings is 1. The van der Waals surface area contributed by atoms with Gasteiger partial charge < -0.3 is 13.9 Å². The maximum absolute atomic E-state index is 13.6. The molecule has 1 aliphatic heterocycles. The van der Waals surface area contributed by atoms with E-state index in [0.29, 0.717) is 34.6 Å². The number of carbonyl (C=O) groups excluding carboxylic acids is 2. The molecule has 0 aliphatic carbocycles. The molecule has 172 valence electrons. The van der Waals surface area contributed by atoms with Crippen molar-refractivity contribution in [3.63, 3.8) is 0 Å². The van der Waals surface area contributed by atoms with Crippen LogP contribution in [0, 0.1) is 6.92 Å². The van der Waals surface area contributed by atoms with Crippen molar-refractivity contribution in [1.29, 1.82) is 0 Å². The standard InChI is InChI=1S/C25H20N2O6S/c1-4-32-15-11-9-14(10-12-15)19-18-20(28)16-7-5-6-8-17(16)33-21(18)23(29)27(19)25-26-13(2)22(34-25)24(30)31-3/h5-12,19H,4H2,1-3H3. The van der Waals surface area contributed by atoms with E-state index in [1.54, 1.807) is 55.5 Å². The lowest BCUT2D eigenvalue weighted by molar-refractivity contribution is 0.0605. The fourth-order valence-corrected chi connectivity index (χ4v) is 5.12. The van der Waals surface area contributed by atoms with Gasteiger partial charge in [0.25, 0.3) is 5.91 Å². The highest BCUT2D eigenvalue weighted by Crippen LogP contribution is 2.43. The first-order chi connectivity index (χ1) is 16.4. The van der Waals surface area contributed by atoms with Crippen LogP contribution in [0.4, 0.5) is 5.13 Å². The van der Waals surface area contributed by atoms with Crippen LogP contribution in [-0.4, -0.2) is 30.6 Å². The Morgan fingerprint density at radius 3 is 2.59 bits per heavy atom. The topological polar surface area (TPSA) is 98.9 Å². The number of para-hydroxylation sites is 1. The van der Waals surface area contributed by atoms with Crippen LogP contribution in [0.25, 0.3) is 11.0 Å². The molecule has 1 unspecified atom stereocenters. The molecule has 0 saturated heterocycles. The summed E-state index contributed by atoms with van der Waals surface area (Å²) in [6.07, 6.45) is 0. The largest absolute Gasteiger partial charge is 0.494 e. The van der Waals surface area contributed by atoms with Gasteiger partial charge in [0.15, 0.2) is 10.6 Å². The Bertz CT molecular complexity index is 1490. The highest BCUT2D eigenvalue weighted by atomic mass is 32.1. The first kappa shape index (κ1) is 21.8. The second kappa shape index (κ2) is 8.42. The Morgan fingerprint density at radius 2 is 1.88 bits per heavy atom.